The summed E-state index contributed by atoms with van der Waals surface area (Å²) >= 11 is 0. The fourth-order valence-electron chi connectivity index (χ4n) is 4.75. The lowest BCUT2D eigenvalue weighted by molar-refractivity contribution is -0.141. The van der Waals surface area contributed by atoms with Crippen molar-refractivity contribution in [2.45, 2.75) is 57.1 Å². The maximum Gasteiger partial charge on any atom is 0.326 e. The van der Waals surface area contributed by atoms with Crippen LogP contribution in [0.2, 0.25) is 0 Å². The minimum Gasteiger partial charge on any atom is -0.480 e. The summed E-state index contributed by atoms with van der Waals surface area (Å²) in [7, 11) is -4.00. The van der Waals surface area contributed by atoms with Crippen LogP contribution < -0.4 is 4.90 Å². The van der Waals surface area contributed by atoms with Crippen molar-refractivity contribution in [3.8, 4) is 0 Å². The number of unbranched alkanes of at least 4 members (excludes halogenated alkanes) is 2. The Morgan fingerprint density at radius 1 is 1.03 bits per heavy atom. The number of piperazine rings is 1. The maximum absolute atomic E-state index is 14.5. The zero-order valence-electron chi connectivity index (χ0n) is 20.0. The second kappa shape index (κ2) is 13.3. The second-order valence-corrected chi connectivity index (χ2v) is 11.1. The molecule has 7 nitrogen and oxygen atoms in total. The van der Waals surface area contributed by atoms with E-state index in [4.69, 9.17) is 0 Å². The van der Waals surface area contributed by atoms with Gasteiger partial charge in [0.2, 0.25) is 10.0 Å². The molecule has 2 aliphatic rings. The lowest BCUT2D eigenvalue weighted by Gasteiger charge is -2.43. The number of carbonyl (C=O) groups is 1. The minimum absolute atomic E-state index is 0. The molecule has 0 aromatic heterocycles. The van der Waals surface area contributed by atoms with E-state index in [1.807, 2.05) is 24.0 Å². The number of halogens is 3. The summed E-state index contributed by atoms with van der Waals surface area (Å²) in [6.07, 6.45) is 4.05. The number of anilines is 1. The molecular formula is C23H38Cl2FN3O4S. The maximum atomic E-state index is 14.5. The number of likely N-dealkylation sites (tertiary alicyclic amines) is 1. The van der Waals surface area contributed by atoms with Gasteiger partial charge in [-0.3, -0.25) is 4.79 Å². The fourth-order valence-corrected chi connectivity index (χ4v) is 6.80. The third-order valence-electron chi connectivity index (χ3n) is 7.02. The number of aliphatic carboxylic acids is 1. The van der Waals surface area contributed by atoms with E-state index >= 15 is 0 Å². The summed E-state index contributed by atoms with van der Waals surface area (Å²) in [5.41, 5.74) is 1.45. The van der Waals surface area contributed by atoms with E-state index in [1.54, 1.807) is 0 Å². The average Bonchev–Trinajstić information content (AvgIpc) is 2.80. The number of rotatable bonds is 9. The van der Waals surface area contributed by atoms with E-state index in [2.05, 4.69) is 11.8 Å². The molecule has 0 radical (unpaired) electrons. The quantitative estimate of drug-likeness (QED) is 0.479. The first-order chi connectivity index (χ1) is 15.2. The molecule has 196 valence electrons. The van der Waals surface area contributed by atoms with Gasteiger partial charge in [-0.15, -0.1) is 24.8 Å². The summed E-state index contributed by atoms with van der Waals surface area (Å²) in [4.78, 5) is 16.2. The van der Waals surface area contributed by atoms with Crippen molar-refractivity contribution in [2.24, 2.45) is 0 Å². The van der Waals surface area contributed by atoms with E-state index in [1.165, 1.54) is 10.4 Å². The number of carboxylic acids is 1. The van der Waals surface area contributed by atoms with Crippen LogP contribution in [0, 0.1) is 5.82 Å². The molecule has 0 saturated carbocycles. The van der Waals surface area contributed by atoms with Gasteiger partial charge in [-0.05, 0) is 49.9 Å². The molecule has 0 aliphatic carbocycles. The largest absolute Gasteiger partial charge is 0.480 e. The number of nitrogens with zero attached hydrogens (tertiary/aromatic N) is 3. The molecule has 34 heavy (non-hydrogen) atoms. The van der Waals surface area contributed by atoms with Crippen LogP contribution in [-0.2, 0) is 21.2 Å². The Kier molecular flexibility index (Phi) is 12.0. The Balaban J connectivity index is 0.00000289. The SMILES string of the molecule is CCCCCc1ccc(N2CCN(S(=O)(=O)C3(C(=O)O)CCN(CC)CC3)CC2)cc1F.Cl.Cl. The molecule has 2 aliphatic heterocycles. The predicted molar refractivity (Wildman–Crippen MR) is 139 cm³/mol. The van der Waals surface area contributed by atoms with Gasteiger partial charge in [-0.1, -0.05) is 32.8 Å². The van der Waals surface area contributed by atoms with Gasteiger partial charge >= 0.3 is 5.97 Å². The van der Waals surface area contributed by atoms with Gasteiger partial charge in [0.05, 0.1) is 0 Å². The lowest BCUT2D eigenvalue weighted by Crippen LogP contribution is -2.61. The molecule has 3 rings (SSSR count). The molecule has 1 aromatic rings. The van der Waals surface area contributed by atoms with Gasteiger partial charge in [-0.2, -0.15) is 4.31 Å². The number of sulfonamides is 1. The highest BCUT2D eigenvalue weighted by Gasteiger charge is 2.55. The number of hydrogen-bond acceptors (Lipinski definition) is 5. The highest BCUT2D eigenvalue weighted by Crippen LogP contribution is 2.34. The number of aryl methyl sites for hydroxylation is 1. The summed E-state index contributed by atoms with van der Waals surface area (Å²) < 4.78 is 40.9. The van der Waals surface area contributed by atoms with Crippen LogP contribution in [0.25, 0.3) is 0 Å². The molecule has 0 spiro atoms. The van der Waals surface area contributed by atoms with E-state index in [9.17, 15) is 22.7 Å². The topological polar surface area (TPSA) is 81.2 Å². The van der Waals surface area contributed by atoms with Crippen LogP contribution in [0.4, 0.5) is 10.1 Å². The van der Waals surface area contributed by atoms with E-state index in [0.29, 0.717) is 31.7 Å². The second-order valence-electron chi connectivity index (χ2n) is 8.86. The minimum atomic E-state index is -4.00. The first-order valence-electron chi connectivity index (χ1n) is 11.7. The third-order valence-corrected chi connectivity index (χ3v) is 9.64. The molecule has 2 saturated heterocycles. The summed E-state index contributed by atoms with van der Waals surface area (Å²) in [5.74, 6) is -1.47. The van der Waals surface area contributed by atoms with Crippen LogP contribution in [0.5, 0.6) is 0 Å². The van der Waals surface area contributed by atoms with Crippen LogP contribution >= 0.6 is 24.8 Å². The number of carboxylic acid groups (broad SMARTS) is 1. The zero-order valence-corrected chi connectivity index (χ0v) is 22.5. The lowest BCUT2D eigenvalue weighted by atomic mass is 9.96. The van der Waals surface area contributed by atoms with Crippen molar-refractivity contribution in [3.05, 3.63) is 29.6 Å². The predicted octanol–water partition coefficient (Wildman–Crippen LogP) is 3.79. The summed E-state index contributed by atoms with van der Waals surface area (Å²) in [6.45, 7) is 7.03. The van der Waals surface area contributed by atoms with Crippen molar-refractivity contribution in [3.63, 3.8) is 0 Å². The highest BCUT2D eigenvalue weighted by molar-refractivity contribution is 7.91. The van der Waals surface area contributed by atoms with Crippen LogP contribution in [0.15, 0.2) is 18.2 Å². The normalized spacial score (nSPS) is 19.2. The molecule has 0 bridgehead atoms. The molecule has 1 aromatic carbocycles. The first-order valence-corrected chi connectivity index (χ1v) is 13.2. The van der Waals surface area contributed by atoms with Crippen LogP contribution in [-0.4, -0.2) is 79.3 Å². The van der Waals surface area contributed by atoms with Gasteiger partial charge in [0.1, 0.15) is 5.82 Å². The average molecular weight is 543 g/mol. The Hall–Kier alpha value is -1.13. The first kappa shape index (κ1) is 30.9. The Morgan fingerprint density at radius 3 is 2.15 bits per heavy atom. The molecule has 0 atom stereocenters. The number of piperidine rings is 1. The zero-order chi connectivity index (χ0) is 23.4. The fraction of sp³-hybridized carbons (Fsp3) is 0.696. The van der Waals surface area contributed by atoms with Crippen molar-refractivity contribution in [1.29, 1.82) is 0 Å². The van der Waals surface area contributed by atoms with E-state index in [-0.39, 0.29) is 56.6 Å². The monoisotopic (exact) mass is 541 g/mol. The molecule has 1 N–H and O–H groups in total. The van der Waals surface area contributed by atoms with Gasteiger partial charge in [0, 0.05) is 45.0 Å². The smallest absolute Gasteiger partial charge is 0.326 e. The summed E-state index contributed by atoms with van der Waals surface area (Å²) in [5, 5.41) is 9.90. The molecule has 0 amide bonds. The molecule has 2 heterocycles. The van der Waals surface area contributed by atoms with Gasteiger partial charge in [-0.25, -0.2) is 12.8 Å². The molecule has 0 unspecified atom stereocenters. The van der Waals surface area contributed by atoms with Crippen molar-refractivity contribution < 1.29 is 22.7 Å². The molecule has 11 heteroatoms. The van der Waals surface area contributed by atoms with Gasteiger partial charge < -0.3 is 14.9 Å². The molecular weight excluding hydrogens is 504 g/mol. The Labute approximate surface area is 215 Å². The van der Waals surface area contributed by atoms with Crippen molar-refractivity contribution >= 4 is 46.5 Å². The number of hydrogen-bond donors (Lipinski definition) is 1. The standard InChI is InChI=1S/C23H36FN3O4S.2ClH/c1-3-5-6-7-19-8-9-20(18-21(19)24)26-14-16-27(17-15-26)32(30,31)23(22(28)29)10-12-25(4-2)13-11-23;;/h8-9,18H,3-7,10-17H2,1-2H3,(H,28,29);2*1H. The van der Waals surface area contributed by atoms with Crippen molar-refractivity contribution in [2.75, 3.05) is 50.7 Å². The Morgan fingerprint density at radius 2 is 1.65 bits per heavy atom. The van der Waals surface area contributed by atoms with Gasteiger partial charge in [0.25, 0.3) is 0 Å². The van der Waals surface area contributed by atoms with Crippen LogP contribution in [0.3, 0.4) is 0 Å². The highest BCUT2D eigenvalue weighted by atomic mass is 35.5. The van der Waals surface area contributed by atoms with E-state index in [0.717, 1.165) is 37.9 Å². The third kappa shape index (κ3) is 6.35. The Bertz CT molecular complexity index is 903. The van der Waals surface area contributed by atoms with Crippen molar-refractivity contribution in [1.82, 2.24) is 9.21 Å². The van der Waals surface area contributed by atoms with Gasteiger partial charge in [0.15, 0.2) is 4.75 Å². The van der Waals surface area contributed by atoms with E-state index < -0.39 is 20.7 Å². The summed E-state index contributed by atoms with van der Waals surface area (Å²) in [6, 6.07) is 5.25. The van der Waals surface area contributed by atoms with Crippen LogP contribution in [0.1, 0.15) is 51.5 Å². The molecule has 2 fully saturated rings. The number of benzene rings is 1.